The molecule has 1 aliphatic rings. The molecular weight excluding hydrogens is 180 g/mol. The minimum absolute atomic E-state index is 0.977. The second-order valence-electron chi connectivity index (χ2n) is 4.12. The van der Waals surface area contributed by atoms with E-state index >= 15 is 0 Å². The molecule has 0 radical (unpaired) electrons. The highest BCUT2D eigenvalue weighted by atomic mass is 28.4. The minimum Gasteiger partial charge on any atom is -0.420 e. The molecule has 0 saturated heterocycles. The van der Waals surface area contributed by atoms with Crippen LogP contribution in [0.4, 0.5) is 0 Å². The van der Waals surface area contributed by atoms with Gasteiger partial charge in [-0.05, 0) is 25.6 Å². The summed E-state index contributed by atoms with van der Waals surface area (Å²) >= 11 is 0. The molecule has 1 rings (SSSR count). The normalized spacial score (nSPS) is 17.0. The molecule has 0 saturated carbocycles. The fraction of sp³-hybridized carbons (Fsp3) is 0.889. The Morgan fingerprint density at radius 2 is 2.31 bits per heavy atom. The lowest BCUT2D eigenvalue weighted by Gasteiger charge is -2.21. The molecule has 13 heavy (non-hydrogen) atoms. The maximum atomic E-state index is 5.49. The van der Waals surface area contributed by atoms with Crippen LogP contribution in [0.15, 0.2) is 4.99 Å². The van der Waals surface area contributed by atoms with Gasteiger partial charge in [0.25, 0.3) is 0 Å². The zero-order valence-electron chi connectivity index (χ0n) is 8.92. The van der Waals surface area contributed by atoms with Crippen LogP contribution in [0.5, 0.6) is 0 Å². The number of rotatable bonds is 5. The molecule has 76 valence electrons. The predicted molar refractivity (Wildman–Crippen MR) is 58.8 cm³/mol. The van der Waals surface area contributed by atoms with Gasteiger partial charge in [0, 0.05) is 20.2 Å². The first-order valence-corrected chi connectivity index (χ1v) is 8.05. The maximum absolute atomic E-state index is 5.49. The first kappa shape index (κ1) is 10.7. The standard InChI is InChI=1S/C9H20N2OSi/c1-12-13(2,3)8-4-6-11-7-5-10-9-11/h9H,4-8H2,1-3H3. The van der Waals surface area contributed by atoms with Crippen molar-refractivity contribution in [3.63, 3.8) is 0 Å². The second kappa shape index (κ2) is 4.76. The summed E-state index contributed by atoms with van der Waals surface area (Å²) in [5.74, 6) is 0. The van der Waals surface area contributed by atoms with Crippen LogP contribution in [0.2, 0.25) is 19.1 Å². The largest absolute Gasteiger partial charge is 0.420 e. The molecule has 1 aliphatic heterocycles. The fourth-order valence-corrected chi connectivity index (χ4v) is 2.61. The van der Waals surface area contributed by atoms with Gasteiger partial charge >= 0.3 is 0 Å². The monoisotopic (exact) mass is 200 g/mol. The summed E-state index contributed by atoms with van der Waals surface area (Å²) in [6.07, 6.45) is 3.21. The van der Waals surface area contributed by atoms with E-state index in [1.807, 2.05) is 13.4 Å². The Morgan fingerprint density at radius 3 is 2.85 bits per heavy atom. The molecule has 0 unspecified atom stereocenters. The van der Waals surface area contributed by atoms with Crippen LogP contribution in [-0.2, 0) is 4.43 Å². The average Bonchev–Trinajstić information content (AvgIpc) is 2.57. The maximum Gasteiger partial charge on any atom is 0.186 e. The Kier molecular flexibility index (Phi) is 3.93. The third kappa shape index (κ3) is 3.91. The van der Waals surface area contributed by atoms with Gasteiger partial charge in [-0.3, -0.25) is 4.99 Å². The number of nitrogens with zero attached hydrogens (tertiary/aromatic N) is 2. The van der Waals surface area contributed by atoms with Crippen molar-refractivity contribution in [3.05, 3.63) is 0 Å². The molecule has 0 fully saturated rings. The lowest BCUT2D eigenvalue weighted by atomic mass is 10.4. The van der Waals surface area contributed by atoms with Gasteiger partial charge in [-0.1, -0.05) is 0 Å². The Morgan fingerprint density at radius 1 is 1.54 bits per heavy atom. The lowest BCUT2D eigenvalue weighted by molar-refractivity contribution is 0.395. The van der Waals surface area contributed by atoms with Gasteiger partial charge < -0.3 is 9.33 Å². The highest BCUT2D eigenvalue weighted by Crippen LogP contribution is 2.12. The van der Waals surface area contributed by atoms with Crippen molar-refractivity contribution in [2.75, 3.05) is 26.7 Å². The van der Waals surface area contributed by atoms with Crippen LogP contribution in [0, 0.1) is 0 Å². The van der Waals surface area contributed by atoms with E-state index in [0.29, 0.717) is 0 Å². The second-order valence-corrected chi connectivity index (χ2v) is 8.55. The van der Waals surface area contributed by atoms with E-state index in [1.165, 1.54) is 12.5 Å². The van der Waals surface area contributed by atoms with Crippen molar-refractivity contribution in [2.45, 2.75) is 25.6 Å². The number of hydrogen-bond donors (Lipinski definition) is 0. The summed E-state index contributed by atoms with van der Waals surface area (Å²) in [4.78, 5) is 6.47. The van der Waals surface area contributed by atoms with Crippen LogP contribution >= 0.6 is 0 Å². The van der Waals surface area contributed by atoms with Gasteiger partial charge in [0.05, 0.1) is 12.9 Å². The minimum atomic E-state index is -1.32. The molecule has 0 aromatic carbocycles. The van der Waals surface area contributed by atoms with Crippen LogP contribution in [0.1, 0.15) is 6.42 Å². The highest BCUT2D eigenvalue weighted by Gasteiger charge is 2.20. The van der Waals surface area contributed by atoms with E-state index in [4.69, 9.17) is 4.43 Å². The van der Waals surface area contributed by atoms with Gasteiger partial charge in [0.1, 0.15) is 0 Å². The summed E-state index contributed by atoms with van der Waals surface area (Å²) in [6.45, 7) is 7.76. The Balaban J connectivity index is 2.09. The quantitative estimate of drug-likeness (QED) is 0.629. The van der Waals surface area contributed by atoms with Crippen molar-refractivity contribution >= 4 is 14.7 Å². The predicted octanol–water partition coefficient (Wildman–Crippen LogP) is 1.57. The van der Waals surface area contributed by atoms with Crippen molar-refractivity contribution in [1.29, 1.82) is 0 Å². The smallest absolute Gasteiger partial charge is 0.186 e. The van der Waals surface area contributed by atoms with Crippen LogP contribution in [-0.4, -0.2) is 46.3 Å². The van der Waals surface area contributed by atoms with E-state index in [-0.39, 0.29) is 0 Å². The summed E-state index contributed by atoms with van der Waals surface area (Å²) in [5, 5.41) is 0. The van der Waals surface area contributed by atoms with Gasteiger partial charge in [0.15, 0.2) is 8.32 Å². The van der Waals surface area contributed by atoms with Crippen molar-refractivity contribution in [3.8, 4) is 0 Å². The molecule has 0 bridgehead atoms. The van der Waals surface area contributed by atoms with E-state index in [0.717, 1.165) is 19.6 Å². The third-order valence-electron chi connectivity index (χ3n) is 2.54. The molecule has 4 heteroatoms. The molecule has 0 N–H and O–H groups in total. The first-order chi connectivity index (χ1) is 6.14. The SMILES string of the molecule is CO[Si](C)(C)CCCN1C=NCC1. The van der Waals surface area contributed by atoms with Crippen molar-refractivity contribution in [2.24, 2.45) is 4.99 Å². The van der Waals surface area contributed by atoms with Crippen LogP contribution in [0.25, 0.3) is 0 Å². The Hall–Kier alpha value is -0.353. The molecule has 0 aromatic rings. The fourth-order valence-electron chi connectivity index (χ4n) is 1.40. The number of aliphatic imine (C=N–C) groups is 1. The van der Waals surface area contributed by atoms with E-state index in [2.05, 4.69) is 23.0 Å². The third-order valence-corrected chi connectivity index (χ3v) is 5.20. The molecular formula is C9H20N2OSi. The molecule has 0 aromatic heterocycles. The Labute approximate surface area is 81.9 Å². The summed E-state index contributed by atoms with van der Waals surface area (Å²) < 4.78 is 5.49. The Bertz CT molecular complexity index is 182. The summed E-state index contributed by atoms with van der Waals surface area (Å²) in [7, 11) is 0.516. The molecule has 0 amide bonds. The topological polar surface area (TPSA) is 24.8 Å². The van der Waals surface area contributed by atoms with E-state index in [9.17, 15) is 0 Å². The molecule has 3 nitrogen and oxygen atoms in total. The molecule has 1 heterocycles. The van der Waals surface area contributed by atoms with Gasteiger partial charge in [-0.2, -0.15) is 0 Å². The molecule has 0 spiro atoms. The van der Waals surface area contributed by atoms with Crippen molar-refractivity contribution in [1.82, 2.24) is 4.90 Å². The van der Waals surface area contributed by atoms with E-state index < -0.39 is 8.32 Å². The molecule has 0 aliphatic carbocycles. The van der Waals surface area contributed by atoms with Crippen molar-refractivity contribution < 1.29 is 4.43 Å². The first-order valence-electron chi connectivity index (χ1n) is 4.93. The highest BCUT2D eigenvalue weighted by molar-refractivity contribution is 6.71. The lowest BCUT2D eigenvalue weighted by Crippen LogP contribution is -2.30. The van der Waals surface area contributed by atoms with Gasteiger partial charge in [-0.25, -0.2) is 0 Å². The molecule has 0 atom stereocenters. The van der Waals surface area contributed by atoms with Crippen LogP contribution in [0.3, 0.4) is 0 Å². The average molecular weight is 200 g/mol. The zero-order valence-corrected chi connectivity index (χ0v) is 9.92. The summed E-state index contributed by atoms with van der Waals surface area (Å²) in [5.41, 5.74) is 0. The van der Waals surface area contributed by atoms with Gasteiger partial charge in [0.2, 0.25) is 0 Å². The van der Waals surface area contributed by atoms with Crippen LogP contribution < -0.4 is 0 Å². The zero-order chi connectivity index (χ0) is 9.73. The number of hydrogen-bond acceptors (Lipinski definition) is 3. The van der Waals surface area contributed by atoms with Gasteiger partial charge in [-0.15, -0.1) is 0 Å². The summed E-state index contributed by atoms with van der Waals surface area (Å²) in [6, 6.07) is 1.24. The van der Waals surface area contributed by atoms with E-state index in [1.54, 1.807) is 0 Å².